The number of likely N-dealkylation sites (tertiary alicyclic amines) is 1. The predicted molar refractivity (Wildman–Crippen MR) is 98.4 cm³/mol. The average molecular weight is 372 g/mol. The van der Waals surface area contributed by atoms with Gasteiger partial charge < -0.3 is 4.52 Å². The maximum absolute atomic E-state index is 13.4. The Hall–Kier alpha value is -2.24. The van der Waals surface area contributed by atoms with Crippen LogP contribution < -0.4 is 0 Å². The minimum absolute atomic E-state index is 0.200. The fraction of sp³-hybridized carbons (Fsp3) is 0.300. The molecule has 0 bridgehead atoms. The molecule has 1 atom stereocenters. The van der Waals surface area contributed by atoms with Crippen LogP contribution in [0.3, 0.4) is 0 Å². The zero-order chi connectivity index (χ0) is 17.9. The first kappa shape index (κ1) is 17.2. The Kier molecular flexibility index (Phi) is 5.00. The van der Waals surface area contributed by atoms with Crippen LogP contribution in [0.15, 0.2) is 53.1 Å². The largest absolute Gasteiger partial charge is 0.339 e. The quantitative estimate of drug-likeness (QED) is 0.653. The number of nitrogens with zero attached hydrogens (tertiary/aromatic N) is 3. The lowest BCUT2D eigenvalue weighted by Crippen LogP contribution is -2.34. The van der Waals surface area contributed by atoms with Crippen molar-refractivity contribution >= 4 is 11.6 Å². The second-order valence-electron chi connectivity index (χ2n) is 6.67. The van der Waals surface area contributed by atoms with Crippen molar-refractivity contribution in [3.63, 3.8) is 0 Å². The molecular weight excluding hydrogens is 353 g/mol. The molecule has 0 N–H and O–H groups in total. The molecule has 26 heavy (non-hydrogen) atoms. The van der Waals surface area contributed by atoms with Crippen molar-refractivity contribution in [3.05, 3.63) is 70.8 Å². The Morgan fingerprint density at radius 1 is 1.19 bits per heavy atom. The van der Waals surface area contributed by atoms with Crippen LogP contribution >= 0.6 is 11.6 Å². The fourth-order valence-corrected chi connectivity index (χ4v) is 3.52. The Morgan fingerprint density at radius 2 is 2.04 bits per heavy atom. The molecule has 6 heteroatoms. The SMILES string of the molecule is Fc1cccc(-c2noc(C3CCCN(Cc4ccc(Cl)cc4)C3)n2)c1. The lowest BCUT2D eigenvalue weighted by Gasteiger charge is -2.30. The van der Waals surface area contributed by atoms with Crippen LogP contribution in [0, 0.1) is 5.82 Å². The summed E-state index contributed by atoms with van der Waals surface area (Å²) in [6.45, 7) is 2.79. The van der Waals surface area contributed by atoms with Crippen LogP contribution in [0.5, 0.6) is 0 Å². The number of rotatable bonds is 4. The zero-order valence-corrected chi connectivity index (χ0v) is 15.0. The van der Waals surface area contributed by atoms with Gasteiger partial charge in [-0.15, -0.1) is 0 Å². The predicted octanol–water partition coefficient (Wildman–Crippen LogP) is 4.91. The van der Waals surface area contributed by atoms with E-state index < -0.39 is 0 Å². The minimum Gasteiger partial charge on any atom is -0.339 e. The van der Waals surface area contributed by atoms with Gasteiger partial charge in [-0.3, -0.25) is 4.90 Å². The first-order valence-electron chi connectivity index (χ1n) is 8.74. The van der Waals surface area contributed by atoms with Gasteiger partial charge in [-0.25, -0.2) is 4.39 Å². The van der Waals surface area contributed by atoms with Crippen molar-refractivity contribution in [2.24, 2.45) is 0 Å². The van der Waals surface area contributed by atoms with Crippen LogP contribution in [0.1, 0.15) is 30.2 Å². The highest BCUT2D eigenvalue weighted by Gasteiger charge is 2.26. The zero-order valence-electron chi connectivity index (χ0n) is 14.2. The van der Waals surface area contributed by atoms with Gasteiger partial charge in [0.2, 0.25) is 11.7 Å². The topological polar surface area (TPSA) is 42.2 Å². The van der Waals surface area contributed by atoms with Gasteiger partial charge in [0.25, 0.3) is 0 Å². The van der Waals surface area contributed by atoms with Crippen molar-refractivity contribution in [2.75, 3.05) is 13.1 Å². The maximum atomic E-state index is 13.4. The number of halogens is 2. The molecule has 3 aromatic rings. The molecule has 0 spiro atoms. The Bertz CT molecular complexity index is 881. The van der Waals surface area contributed by atoms with Crippen LogP contribution in [0.25, 0.3) is 11.4 Å². The lowest BCUT2D eigenvalue weighted by molar-refractivity contribution is 0.180. The van der Waals surface area contributed by atoms with E-state index in [0.29, 0.717) is 17.3 Å². The molecule has 0 amide bonds. The van der Waals surface area contributed by atoms with Gasteiger partial charge in [-0.2, -0.15) is 4.98 Å². The van der Waals surface area contributed by atoms with E-state index in [0.717, 1.165) is 37.5 Å². The molecule has 0 radical (unpaired) electrons. The summed E-state index contributed by atoms with van der Waals surface area (Å²) >= 11 is 5.96. The summed E-state index contributed by atoms with van der Waals surface area (Å²) < 4.78 is 18.9. The van der Waals surface area contributed by atoms with Crippen molar-refractivity contribution in [3.8, 4) is 11.4 Å². The first-order valence-corrected chi connectivity index (χ1v) is 9.11. The molecule has 134 valence electrons. The second-order valence-corrected chi connectivity index (χ2v) is 7.10. The molecule has 1 fully saturated rings. The molecule has 1 aliphatic heterocycles. The monoisotopic (exact) mass is 371 g/mol. The highest BCUT2D eigenvalue weighted by Crippen LogP contribution is 2.28. The van der Waals surface area contributed by atoms with E-state index in [4.69, 9.17) is 16.1 Å². The van der Waals surface area contributed by atoms with Gasteiger partial charge >= 0.3 is 0 Å². The summed E-state index contributed by atoms with van der Waals surface area (Å²) in [4.78, 5) is 6.90. The molecule has 1 unspecified atom stereocenters. The summed E-state index contributed by atoms with van der Waals surface area (Å²) in [6, 6.07) is 14.2. The third kappa shape index (κ3) is 3.94. The van der Waals surface area contributed by atoms with Gasteiger partial charge in [-0.05, 0) is 49.2 Å². The first-order chi connectivity index (χ1) is 12.7. The molecule has 1 aromatic heterocycles. The van der Waals surface area contributed by atoms with Crippen LogP contribution in [0.2, 0.25) is 5.02 Å². The van der Waals surface area contributed by atoms with E-state index in [9.17, 15) is 4.39 Å². The van der Waals surface area contributed by atoms with Crippen molar-refractivity contribution in [1.29, 1.82) is 0 Å². The summed E-state index contributed by atoms with van der Waals surface area (Å²) in [6.07, 6.45) is 2.10. The van der Waals surface area contributed by atoms with Crippen LogP contribution in [-0.2, 0) is 6.54 Å². The van der Waals surface area contributed by atoms with Crippen LogP contribution in [0.4, 0.5) is 4.39 Å². The summed E-state index contributed by atoms with van der Waals surface area (Å²) in [5.41, 5.74) is 1.87. The van der Waals surface area contributed by atoms with Crippen molar-refractivity contribution in [1.82, 2.24) is 15.0 Å². The molecule has 0 saturated carbocycles. The molecule has 0 aliphatic carbocycles. The summed E-state index contributed by atoms with van der Waals surface area (Å²) in [7, 11) is 0. The number of benzene rings is 2. The average Bonchev–Trinajstić information content (AvgIpc) is 3.14. The molecule has 4 rings (SSSR count). The third-order valence-electron chi connectivity index (χ3n) is 4.70. The summed E-state index contributed by atoms with van der Waals surface area (Å²) in [5, 5.41) is 4.79. The van der Waals surface area contributed by atoms with Crippen LogP contribution in [-0.4, -0.2) is 28.1 Å². The van der Waals surface area contributed by atoms with E-state index in [2.05, 4.69) is 27.2 Å². The van der Waals surface area contributed by atoms with Gasteiger partial charge in [0.1, 0.15) is 5.82 Å². The smallest absolute Gasteiger partial charge is 0.231 e. The van der Waals surface area contributed by atoms with E-state index in [1.807, 2.05) is 12.1 Å². The molecule has 2 aromatic carbocycles. The van der Waals surface area contributed by atoms with Gasteiger partial charge in [0, 0.05) is 23.7 Å². The highest BCUT2D eigenvalue weighted by molar-refractivity contribution is 6.30. The third-order valence-corrected chi connectivity index (χ3v) is 4.95. The molecular formula is C20H19ClFN3O. The summed E-state index contributed by atoms with van der Waals surface area (Å²) in [5.74, 6) is 0.964. The Balaban J connectivity index is 1.45. The number of hydrogen-bond donors (Lipinski definition) is 0. The fourth-order valence-electron chi connectivity index (χ4n) is 3.39. The van der Waals surface area contributed by atoms with Gasteiger partial charge in [-0.1, -0.05) is 41.0 Å². The van der Waals surface area contributed by atoms with E-state index >= 15 is 0 Å². The van der Waals surface area contributed by atoms with E-state index in [-0.39, 0.29) is 11.7 Å². The second kappa shape index (κ2) is 7.56. The number of aromatic nitrogens is 2. The minimum atomic E-state index is -0.305. The Labute approximate surface area is 156 Å². The number of hydrogen-bond acceptors (Lipinski definition) is 4. The standard InChI is InChI=1S/C20H19ClFN3O/c21-17-8-6-14(7-9-17)12-25-10-2-4-16(13-25)20-23-19(24-26-20)15-3-1-5-18(22)11-15/h1,3,5-9,11,16H,2,4,10,12-13H2. The number of piperidine rings is 1. The van der Waals surface area contributed by atoms with Gasteiger partial charge in [0.05, 0.1) is 5.92 Å². The highest BCUT2D eigenvalue weighted by atomic mass is 35.5. The van der Waals surface area contributed by atoms with E-state index in [1.54, 1.807) is 12.1 Å². The lowest BCUT2D eigenvalue weighted by atomic mass is 9.97. The van der Waals surface area contributed by atoms with Crippen molar-refractivity contribution < 1.29 is 8.91 Å². The maximum Gasteiger partial charge on any atom is 0.231 e. The molecule has 1 saturated heterocycles. The Morgan fingerprint density at radius 3 is 2.85 bits per heavy atom. The van der Waals surface area contributed by atoms with E-state index in [1.165, 1.54) is 17.7 Å². The van der Waals surface area contributed by atoms with Gasteiger partial charge in [0.15, 0.2) is 0 Å². The molecule has 1 aliphatic rings. The van der Waals surface area contributed by atoms with Crippen molar-refractivity contribution in [2.45, 2.75) is 25.3 Å². The molecule has 4 nitrogen and oxygen atoms in total. The normalized spacial score (nSPS) is 18.2. The molecule has 2 heterocycles.